The van der Waals surface area contributed by atoms with Gasteiger partial charge in [0.2, 0.25) is 5.91 Å². The number of phosphoric acid groups is 1. The first-order valence-corrected chi connectivity index (χ1v) is 24.6. The van der Waals surface area contributed by atoms with E-state index in [0.29, 0.717) is 17.4 Å². The average Bonchev–Trinajstić information content (AvgIpc) is 3.19. The van der Waals surface area contributed by atoms with Crippen molar-refractivity contribution < 1.29 is 32.9 Å². The molecule has 0 fully saturated rings. The van der Waals surface area contributed by atoms with Crippen molar-refractivity contribution in [2.75, 3.05) is 40.9 Å². The molecule has 9 heteroatoms. The van der Waals surface area contributed by atoms with Crippen LogP contribution < -0.4 is 5.32 Å². The van der Waals surface area contributed by atoms with Crippen LogP contribution in [0, 0.1) is 0 Å². The SMILES string of the molecule is CC/C=C\C/C=C\C/C=C\C/C=C\C/C=C\C/C=C\CCCCCCCCCCC(=O)NC(COP(=O)(O)OCC[N+](C)(C)C)C(O)/C=C/CC/C=C/CCCCCC. The normalized spacial score (nSPS) is 15.2. The number of nitrogens with zero attached hydrogens (tertiary/aromatic N) is 1. The maximum Gasteiger partial charge on any atom is 0.472 e. The minimum absolute atomic E-state index is 0.0488. The summed E-state index contributed by atoms with van der Waals surface area (Å²) in [5.74, 6) is -0.204. The van der Waals surface area contributed by atoms with Gasteiger partial charge in [-0.05, 0) is 83.5 Å². The van der Waals surface area contributed by atoms with E-state index in [0.717, 1.165) is 89.9 Å². The third-order valence-electron chi connectivity index (χ3n) is 9.54. The van der Waals surface area contributed by atoms with E-state index in [1.54, 1.807) is 6.08 Å². The zero-order valence-corrected chi connectivity index (χ0v) is 39.1. The maximum absolute atomic E-state index is 12.9. The van der Waals surface area contributed by atoms with Crippen LogP contribution in [-0.4, -0.2) is 73.4 Å². The van der Waals surface area contributed by atoms with Crippen molar-refractivity contribution in [3.8, 4) is 0 Å². The van der Waals surface area contributed by atoms with Gasteiger partial charge in [0.25, 0.3) is 0 Å². The molecule has 0 bridgehead atoms. The number of carbonyl (C=O) groups excluding carboxylic acids is 1. The Bertz CT molecular complexity index is 1280. The summed E-state index contributed by atoms with van der Waals surface area (Å²) in [6, 6.07) is -0.872. The highest BCUT2D eigenvalue weighted by Gasteiger charge is 2.27. The van der Waals surface area contributed by atoms with Gasteiger partial charge in [0.05, 0.1) is 39.9 Å². The quantitative estimate of drug-likeness (QED) is 0.0246. The molecule has 8 nitrogen and oxygen atoms in total. The zero-order valence-electron chi connectivity index (χ0n) is 38.2. The van der Waals surface area contributed by atoms with Gasteiger partial charge in [-0.25, -0.2) is 4.57 Å². The lowest BCUT2D eigenvalue weighted by atomic mass is 10.1. The molecule has 1 amide bonds. The highest BCUT2D eigenvalue weighted by atomic mass is 31.2. The van der Waals surface area contributed by atoms with Crippen LogP contribution in [0.1, 0.15) is 162 Å². The summed E-state index contributed by atoms with van der Waals surface area (Å²) < 4.78 is 23.5. The molecule has 3 atom stereocenters. The van der Waals surface area contributed by atoms with Crippen molar-refractivity contribution >= 4 is 13.7 Å². The molecule has 0 heterocycles. The molecule has 59 heavy (non-hydrogen) atoms. The molecule has 0 saturated carbocycles. The lowest BCUT2D eigenvalue weighted by Crippen LogP contribution is -2.45. The van der Waals surface area contributed by atoms with Crippen LogP contribution in [0.4, 0.5) is 0 Å². The first-order chi connectivity index (χ1) is 28.5. The van der Waals surface area contributed by atoms with Gasteiger partial charge < -0.3 is 19.8 Å². The summed E-state index contributed by atoms with van der Waals surface area (Å²) in [6.07, 6.45) is 57.8. The molecule has 0 rings (SSSR count). The highest BCUT2D eigenvalue weighted by Crippen LogP contribution is 2.43. The van der Waals surface area contributed by atoms with Gasteiger partial charge in [-0.2, -0.15) is 0 Å². The molecule has 0 aromatic carbocycles. The molecule has 0 aliphatic heterocycles. The molecule has 338 valence electrons. The van der Waals surface area contributed by atoms with Gasteiger partial charge in [-0.15, -0.1) is 0 Å². The van der Waals surface area contributed by atoms with E-state index in [4.69, 9.17) is 9.05 Å². The molecule has 3 N–H and O–H groups in total. The average molecular weight is 844 g/mol. The summed E-state index contributed by atoms with van der Waals surface area (Å²) in [5, 5.41) is 13.7. The Morgan fingerprint density at radius 1 is 0.593 bits per heavy atom. The Balaban J connectivity index is 4.28. The number of allylic oxidation sites excluding steroid dienone is 15. The molecule has 0 aliphatic rings. The summed E-state index contributed by atoms with van der Waals surface area (Å²) in [4.78, 5) is 23.1. The Kier molecular flexibility index (Phi) is 39.0. The van der Waals surface area contributed by atoms with Crippen LogP contribution in [0.5, 0.6) is 0 Å². The number of hydrogen-bond donors (Lipinski definition) is 3. The second kappa shape index (κ2) is 40.8. The lowest BCUT2D eigenvalue weighted by molar-refractivity contribution is -0.870. The van der Waals surface area contributed by atoms with E-state index >= 15 is 0 Å². The van der Waals surface area contributed by atoms with Crippen LogP contribution >= 0.6 is 7.82 Å². The maximum atomic E-state index is 12.9. The van der Waals surface area contributed by atoms with Gasteiger partial charge >= 0.3 is 7.82 Å². The third-order valence-corrected chi connectivity index (χ3v) is 10.5. The van der Waals surface area contributed by atoms with Gasteiger partial charge in [-0.1, -0.05) is 169 Å². The van der Waals surface area contributed by atoms with E-state index in [2.05, 4.69) is 104 Å². The predicted octanol–water partition coefficient (Wildman–Crippen LogP) is 13.1. The standard InChI is InChI=1S/C50H87N2O6P/c1-6-8-10-12-14-16-18-19-20-21-22-23-24-25-26-27-28-29-30-31-32-33-34-36-38-40-42-44-50(54)51-48(47-58-59(55,56)57-46-45-52(3,4)5)49(53)43-41-39-37-35-17-15-13-11-9-7-2/h8,10,14,16-17,19-20,22-23,25-26,28-29,35,41,43,48-49,53H,6-7,9,11-13,15,18,21,24,27,30-34,36-40,42,44-47H2,1-5H3,(H-,51,54,55,56)/p+1/b10-8-,16-14-,20-19-,23-22-,26-25-,29-28-,35-17+,43-41+. The molecule has 0 saturated heterocycles. The van der Waals surface area contributed by atoms with Gasteiger partial charge in [0.15, 0.2) is 0 Å². The van der Waals surface area contributed by atoms with E-state index in [9.17, 15) is 19.4 Å². The van der Waals surface area contributed by atoms with Crippen LogP contribution in [0.3, 0.4) is 0 Å². The first kappa shape index (κ1) is 56.4. The molecule has 3 unspecified atom stereocenters. The van der Waals surface area contributed by atoms with Crippen molar-refractivity contribution in [1.29, 1.82) is 0 Å². The van der Waals surface area contributed by atoms with E-state index < -0.39 is 20.0 Å². The molecule has 0 radical (unpaired) electrons. The van der Waals surface area contributed by atoms with Crippen molar-refractivity contribution in [1.82, 2.24) is 5.32 Å². The van der Waals surface area contributed by atoms with Gasteiger partial charge in [0.1, 0.15) is 13.2 Å². The number of hydrogen-bond acceptors (Lipinski definition) is 5. The van der Waals surface area contributed by atoms with E-state index in [1.807, 2.05) is 27.2 Å². The Morgan fingerprint density at radius 3 is 1.56 bits per heavy atom. The summed E-state index contributed by atoms with van der Waals surface area (Å²) in [7, 11) is 1.53. The lowest BCUT2D eigenvalue weighted by Gasteiger charge is -2.25. The zero-order chi connectivity index (χ0) is 43.6. The number of aliphatic hydroxyl groups excluding tert-OH is 1. The monoisotopic (exact) mass is 844 g/mol. The highest BCUT2D eigenvalue weighted by molar-refractivity contribution is 7.47. The van der Waals surface area contributed by atoms with Crippen molar-refractivity contribution in [2.45, 2.75) is 174 Å². The molecular formula is C50H88N2O6P+. The van der Waals surface area contributed by atoms with Gasteiger partial charge in [0, 0.05) is 6.42 Å². The number of rotatable bonds is 40. The Labute approximate surface area is 362 Å². The first-order valence-electron chi connectivity index (χ1n) is 23.1. The third kappa shape index (κ3) is 43.3. The number of phosphoric ester groups is 1. The minimum Gasteiger partial charge on any atom is -0.387 e. The van der Waals surface area contributed by atoms with E-state index in [-0.39, 0.29) is 19.1 Å². The van der Waals surface area contributed by atoms with Crippen LogP contribution in [0.25, 0.3) is 0 Å². The molecule has 0 aromatic rings. The fourth-order valence-corrected chi connectivity index (χ4v) is 6.62. The number of nitrogens with one attached hydrogen (secondary N) is 1. The van der Waals surface area contributed by atoms with Crippen LogP contribution in [0.2, 0.25) is 0 Å². The number of likely N-dealkylation sites (N-methyl/N-ethyl adjacent to an activating group) is 1. The molecule has 0 aliphatic carbocycles. The topological polar surface area (TPSA) is 105 Å². The number of amides is 1. The molecule has 0 aromatic heterocycles. The molecular weight excluding hydrogens is 756 g/mol. The van der Waals surface area contributed by atoms with Crippen molar-refractivity contribution in [3.05, 3.63) is 97.2 Å². The van der Waals surface area contributed by atoms with Gasteiger partial charge in [-0.3, -0.25) is 13.8 Å². The second-order valence-corrected chi connectivity index (χ2v) is 17.8. The summed E-state index contributed by atoms with van der Waals surface area (Å²) in [6.45, 7) is 4.60. The largest absolute Gasteiger partial charge is 0.472 e. The molecule has 0 spiro atoms. The van der Waals surface area contributed by atoms with Crippen LogP contribution in [0.15, 0.2) is 97.2 Å². The minimum atomic E-state index is -4.35. The Morgan fingerprint density at radius 2 is 1.03 bits per heavy atom. The Hall–Kier alpha value is -2.58. The smallest absolute Gasteiger partial charge is 0.387 e. The number of unbranched alkanes of at least 4 members (excludes halogenated alkanes) is 13. The van der Waals surface area contributed by atoms with Crippen LogP contribution in [-0.2, 0) is 18.4 Å². The van der Waals surface area contributed by atoms with Crippen molar-refractivity contribution in [2.24, 2.45) is 0 Å². The van der Waals surface area contributed by atoms with Crippen molar-refractivity contribution in [3.63, 3.8) is 0 Å². The number of aliphatic hydroxyl groups is 1. The summed E-state index contributed by atoms with van der Waals surface area (Å²) in [5.41, 5.74) is 0. The fourth-order valence-electron chi connectivity index (χ4n) is 5.88. The second-order valence-electron chi connectivity index (χ2n) is 16.4. The number of carbonyl (C=O) groups is 1. The van der Waals surface area contributed by atoms with E-state index in [1.165, 1.54) is 51.4 Å². The fraction of sp³-hybridized carbons (Fsp3) is 0.660. The predicted molar refractivity (Wildman–Crippen MR) is 253 cm³/mol. The summed E-state index contributed by atoms with van der Waals surface area (Å²) >= 11 is 0. The number of quaternary nitrogens is 1.